The summed E-state index contributed by atoms with van der Waals surface area (Å²) in [5.74, 6) is 0.955. The van der Waals surface area contributed by atoms with Gasteiger partial charge in [-0.05, 0) is 45.8 Å². The quantitative estimate of drug-likeness (QED) is 0.836. The molecule has 2 aliphatic rings. The Hall–Kier alpha value is -1.53. The lowest BCUT2D eigenvalue weighted by Crippen LogP contribution is -2.46. The van der Waals surface area contributed by atoms with E-state index in [1.54, 1.807) is 0 Å². The first-order valence-electron chi connectivity index (χ1n) is 8.06. The van der Waals surface area contributed by atoms with Crippen LogP contribution >= 0.6 is 0 Å². The minimum Gasteiger partial charge on any atom is -0.368 e. The number of aromatic nitrogens is 2. The van der Waals surface area contributed by atoms with E-state index in [1.165, 1.54) is 12.8 Å². The number of morpholine rings is 1. The Morgan fingerprint density at radius 1 is 1.27 bits per heavy atom. The van der Waals surface area contributed by atoms with Crippen molar-refractivity contribution in [3.63, 3.8) is 0 Å². The molecule has 1 aromatic rings. The monoisotopic (exact) mass is 304 g/mol. The molecule has 6 nitrogen and oxygen atoms in total. The number of aryl methyl sites for hydroxylation is 2. The maximum absolute atomic E-state index is 12.5. The topological polar surface area (TPSA) is 58.6 Å². The van der Waals surface area contributed by atoms with Crippen molar-refractivity contribution in [3.05, 3.63) is 23.3 Å². The molecule has 0 spiro atoms. The molecular weight excluding hydrogens is 280 g/mol. The fourth-order valence-electron chi connectivity index (χ4n) is 3.20. The fourth-order valence-corrected chi connectivity index (χ4v) is 3.20. The zero-order chi connectivity index (χ0) is 15.5. The predicted octanol–water partition coefficient (Wildman–Crippen LogP) is 1.09. The van der Waals surface area contributed by atoms with Crippen LogP contribution in [0, 0.1) is 13.8 Å². The second-order valence-corrected chi connectivity index (χ2v) is 6.16. The van der Waals surface area contributed by atoms with E-state index >= 15 is 0 Å². The van der Waals surface area contributed by atoms with E-state index in [0.29, 0.717) is 26.2 Å². The van der Waals surface area contributed by atoms with E-state index in [1.807, 2.05) is 24.8 Å². The van der Waals surface area contributed by atoms with E-state index < -0.39 is 0 Å². The van der Waals surface area contributed by atoms with Crippen LogP contribution in [0.1, 0.15) is 36.2 Å². The summed E-state index contributed by atoms with van der Waals surface area (Å²) in [5.41, 5.74) is 1.82. The molecule has 3 rings (SSSR count). The summed E-state index contributed by atoms with van der Waals surface area (Å²) >= 11 is 0. The van der Waals surface area contributed by atoms with Crippen molar-refractivity contribution in [1.29, 1.82) is 0 Å². The van der Waals surface area contributed by atoms with E-state index in [4.69, 9.17) is 4.74 Å². The number of likely N-dealkylation sites (tertiary alicyclic amines) is 1. The molecule has 1 unspecified atom stereocenters. The van der Waals surface area contributed by atoms with E-state index in [-0.39, 0.29) is 12.0 Å². The van der Waals surface area contributed by atoms with Crippen LogP contribution in [0.25, 0.3) is 0 Å². The highest BCUT2D eigenvalue weighted by Crippen LogP contribution is 2.21. The second-order valence-electron chi connectivity index (χ2n) is 6.16. The molecule has 0 radical (unpaired) electrons. The van der Waals surface area contributed by atoms with Crippen molar-refractivity contribution in [1.82, 2.24) is 19.8 Å². The molecule has 120 valence electrons. The van der Waals surface area contributed by atoms with Gasteiger partial charge in [0, 0.05) is 12.2 Å². The highest BCUT2D eigenvalue weighted by Gasteiger charge is 2.28. The molecule has 2 fully saturated rings. The number of carbonyl (C=O) groups is 1. The van der Waals surface area contributed by atoms with Gasteiger partial charge in [0.25, 0.3) is 0 Å². The van der Waals surface area contributed by atoms with Gasteiger partial charge >= 0.3 is 0 Å². The Kier molecular flexibility index (Phi) is 4.69. The molecule has 0 saturated carbocycles. The molecule has 0 aliphatic carbocycles. The molecule has 0 N–H and O–H groups in total. The maximum atomic E-state index is 12.5. The second kappa shape index (κ2) is 6.71. The lowest BCUT2D eigenvalue weighted by Gasteiger charge is -2.33. The van der Waals surface area contributed by atoms with Crippen LogP contribution < -0.4 is 0 Å². The molecule has 1 aromatic heterocycles. The summed E-state index contributed by atoms with van der Waals surface area (Å²) in [5, 5.41) is 0. The van der Waals surface area contributed by atoms with Crippen LogP contribution in [-0.2, 0) is 9.53 Å². The summed E-state index contributed by atoms with van der Waals surface area (Å²) in [4.78, 5) is 25.4. The third-order valence-electron chi connectivity index (χ3n) is 4.29. The van der Waals surface area contributed by atoms with E-state index in [2.05, 4.69) is 14.9 Å². The summed E-state index contributed by atoms with van der Waals surface area (Å²) in [7, 11) is 0. The fraction of sp³-hybridized carbons (Fsp3) is 0.688. The Balaban J connectivity index is 1.64. The van der Waals surface area contributed by atoms with Crippen LogP contribution in [0.15, 0.2) is 6.07 Å². The van der Waals surface area contributed by atoms with Gasteiger partial charge in [-0.2, -0.15) is 0 Å². The minimum atomic E-state index is -0.142. The number of ether oxygens (including phenoxy) is 1. The van der Waals surface area contributed by atoms with Gasteiger partial charge in [-0.1, -0.05) is 0 Å². The van der Waals surface area contributed by atoms with Crippen LogP contribution in [0.5, 0.6) is 0 Å². The first-order chi connectivity index (χ1) is 10.6. The van der Waals surface area contributed by atoms with Gasteiger partial charge in [0.1, 0.15) is 11.9 Å². The SMILES string of the molecule is Cc1cc(C2CN(C(=O)CN3CCCC3)CCO2)nc(C)n1. The lowest BCUT2D eigenvalue weighted by molar-refractivity contribution is -0.140. The Labute approximate surface area is 131 Å². The molecule has 22 heavy (non-hydrogen) atoms. The zero-order valence-electron chi connectivity index (χ0n) is 13.4. The van der Waals surface area contributed by atoms with Gasteiger partial charge in [-0.25, -0.2) is 9.97 Å². The summed E-state index contributed by atoms with van der Waals surface area (Å²) in [6, 6.07) is 1.95. The Bertz CT molecular complexity index is 523. The third-order valence-corrected chi connectivity index (χ3v) is 4.29. The van der Waals surface area contributed by atoms with Crippen LogP contribution in [0.3, 0.4) is 0 Å². The standard InChI is InChI=1S/C16H24N4O2/c1-12-9-14(18-13(2)17-12)15-10-20(7-8-22-15)16(21)11-19-5-3-4-6-19/h9,15H,3-8,10-11H2,1-2H3. The molecule has 2 aliphatic heterocycles. The zero-order valence-corrected chi connectivity index (χ0v) is 13.4. The van der Waals surface area contributed by atoms with Gasteiger partial charge in [-0.3, -0.25) is 9.69 Å². The Morgan fingerprint density at radius 3 is 2.77 bits per heavy atom. The number of nitrogens with zero attached hydrogens (tertiary/aromatic N) is 4. The molecule has 3 heterocycles. The number of amides is 1. The number of carbonyl (C=O) groups excluding carboxylic acids is 1. The van der Waals surface area contributed by atoms with Crippen LogP contribution in [-0.4, -0.2) is 65.0 Å². The summed E-state index contributed by atoms with van der Waals surface area (Å²) in [6.07, 6.45) is 2.27. The van der Waals surface area contributed by atoms with Gasteiger partial charge in [0.05, 0.1) is 25.4 Å². The lowest BCUT2D eigenvalue weighted by atomic mass is 10.1. The average Bonchev–Trinajstić information content (AvgIpc) is 2.99. The van der Waals surface area contributed by atoms with Crippen molar-refractivity contribution < 1.29 is 9.53 Å². The van der Waals surface area contributed by atoms with Crippen molar-refractivity contribution in [3.8, 4) is 0 Å². The van der Waals surface area contributed by atoms with Gasteiger partial charge in [0.15, 0.2) is 0 Å². The molecule has 0 bridgehead atoms. The van der Waals surface area contributed by atoms with Gasteiger partial charge in [-0.15, -0.1) is 0 Å². The molecular formula is C16H24N4O2. The maximum Gasteiger partial charge on any atom is 0.236 e. The van der Waals surface area contributed by atoms with E-state index in [0.717, 1.165) is 30.3 Å². The Morgan fingerprint density at radius 2 is 2.05 bits per heavy atom. The molecule has 6 heteroatoms. The number of hydrogen-bond donors (Lipinski definition) is 0. The van der Waals surface area contributed by atoms with Crippen molar-refractivity contribution in [2.24, 2.45) is 0 Å². The number of hydrogen-bond acceptors (Lipinski definition) is 5. The number of rotatable bonds is 3. The van der Waals surface area contributed by atoms with E-state index in [9.17, 15) is 4.79 Å². The largest absolute Gasteiger partial charge is 0.368 e. The summed E-state index contributed by atoms with van der Waals surface area (Å²) < 4.78 is 5.83. The predicted molar refractivity (Wildman–Crippen MR) is 82.5 cm³/mol. The molecule has 1 amide bonds. The molecule has 0 aromatic carbocycles. The smallest absolute Gasteiger partial charge is 0.236 e. The van der Waals surface area contributed by atoms with Crippen molar-refractivity contribution >= 4 is 5.91 Å². The normalized spacial score (nSPS) is 23.0. The third kappa shape index (κ3) is 3.62. The minimum absolute atomic E-state index is 0.142. The molecule has 2 saturated heterocycles. The highest BCUT2D eigenvalue weighted by molar-refractivity contribution is 5.78. The van der Waals surface area contributed by atoms with Gasteiger partial charge < -0.3 is 9.64 Å². The molecule has 1 atom stereocenters. The highest BCUT2D eigenvalue weighted by atomic mass is 16.5. The summed E-state index contributed by atoms with van der Waals surface area (Å²) in [6.45, 7) is 8.29. The first-order valence-corrected chi connectivity index (χ1v) is 8.06. The van der Waals surface area contributed by atoms with Crippen LogP contribution in [0.2, 0.25) is 0 Å². The first kappa shape index (κ1) is 15.4. The van der Waals surface area contributed by atoms with Crippen molar-refractivity contribution in [2.45, 2.75) is 32.8 Å². The average molecular weight is 304 g/mol. The van der Waals surface area contributed by atoms with Crippen molar-refractivity contribution in [2.75, 3.05) is 39.3 Å². The van der Waals surface area contributed by atoms with Gasteiger partial charge in [0.2, 0.25) is 5.91 Å². The van der Waals surface area contributed by atoms with Crippen LogP contribution in [0.4, 0.5) is 0 Å².